The second-order valence-electron chi connectivity index (χ2n) is 5.88. The number of rotatable bonds is 3. The van der Waals surface area contributed by atoms with E-state index in [1.54, 1.807) is 28.6 Å². The van der Waals surface area contributed by atoms with Crippen molar-refractivity contribution in [3.63, 3.8) is 0 Å². The maximum Gasteiger partial charge on any atom is 0.253 e. The molecule has 1 aliphatic rings. The number of likely N-dealkylation sites (tertiary alicyclic amines) is 1. The number of nitrogens with zero attached hydrogens (tertiary/aromatic N) is 5. The smallest absolute Gasteiger partial charge is 0.253 e. The molecule has 1 fully saturated rings. The standard InChI is InChI=1S/C17H17N5OS/c23-17(13-3-1-5-15(9-13)22-11-19-20-12-22)21-7-2-4-14(10-21)16-18-6-8-24-16/h1,3,5-6,8-9,11-12,14H,2,4,7,10H2. The number of hydrogen-bond donors (Lipinski definition) is 0. The summed E-state index contributed by atoms with van der Waals surface area (Å²) in [5, 5.41) is 10.8. The van der Waals surface area contributed by atoms with Gasteiger partial charge in [-0.15, -0.1) is 21.5 Å². The number of carbonyl (C=O) groups excluding carboxylic acids is 1. The Labute approximate surface area is 143 Å². The number of carbonyl (C=O) groups is 1. The predicted octanol–water partition coefficient (Wildman–Crippen LogP) is 2.74. The molecular formula is C17H17N5OS. The van der Waals surface area contributed by atoms with Crippen LogP contribution in [-0.2, 0) is 0 Å². The van der Waals surface area contributed by atoms with Crippen LogP contribution in [0, 0.1) is 0 Å². The fourth-order valence-corrected chi connectivity index (χ4v) is 3.88. The van der Waals surface area contributed by atoms with Gasteiger partial charge in [-0.3, -0.25) is 9.36 Å². The van der Waals surface area contributed by atoms with Gasteiger partial charge in [-0.1, -0.05) is 6.07 Å². The van der Waals surface area contributed by atoms with Gasteiger partial charge in [0, 0.05) is 41.8 Å². The quantitative estimate of drug-likeness (QED) is 0.736. The largest absolute Gasteiger partial charge is 0.338 e. The molecule has 1 aliphatic heterocycles. The van der Waals surface area contributed by atoms with Crippen LogP contribution in [0.3, 0.4) is 0 Å². The number of benzene rings is 1. The van der Waals surface area contributed by atoms with Crippen LogP contribution in [0.1, 0.15) is 34.1 Å². The fraction of sp³-hybridized carbons (Fsp3) is 0.294. The first kappa shape index (κ1) is 15.0. The van der Waals surface area contributed by atoms with E-state index >= 15 is 0 Å². The molecule has 0 saturated carbocycles. The Morgan fingerprint density at radius 1 is 1.25 bits per heavy atom. The average molecular weight is 339 g/mol. The topological polar surface area (TPSA) is 63.9 Å². The molecule has 0 bridgehead atoms. The first-order valence-corrected chi connectivity index (χ1v) is 8.83. The van der Waals surface area contributed by atoms with E-state index in [0.717, 1.165) is 36.6 Å². The second-order valence-corrected chi connectivity index (χ2v) is 6.81. The van der Waals surface area contributed by atoms with Gasteiger partial charge in [0.15, 0.2) is 0 Å². The molecule has 1 saturated heterocycles. The van der Waals surface area contributed by atoms with Gasteiger partial charge in [-0.2, -0.15) is 0 Å². The van der Waals surface area contributed by atoms with E-state index in [1.165, 1.54) is 0 Å². The third kappa shape index (κ3) is 2.94. The zero-order valence-corrected chi connectivity index (χ0v) is 13.9. The summed E-state index contributed by atoms with van der Waals surface area (Å²) in [7, 11) is 0. The minimum Gasteiger partial charge on any atom is -0.338 e. The Kier molecular flexibility index (Phi) is 4.08. The van der Waals surface area contributed by atoms with Crippen LogP contribution in [0.5, 0.6) is 0 Å². The highest BCUT2D eigenvalue weighted by molar-refractivity contribution is 7.09. The van der Waals surface area contributed by atoms with Crippen molar-refractivity contribution in [2.45, 2.75) is 18.8 Å². The molecule has 1 amide bonds. The zero-order chi connectivity index (χ0) is 16.4. The van der Waals surface area contributed by atoms with E-state index in [2.05, 4.69) is 15.2 Å². The summed E-state index contributed by atoms with van der Waals surface area (Å²) in [6.45, 7) is 1.54. The molecule has 0 spiro atoms. The van der Waals surface area contributed by atoms with Crippen molar-refractivity contribution in [1.29, 1.82) is 0 Å². The van der Waals surface area contributed by atoms with Gasteiger partial charge >= 0.3 is 0 Å². The average Bonchev–Trinajstić information content (AvgIpc) is 3.35. The molecule has 24 heavy (non-hydrogen) atoms. The number of thiazole rings is 1. The lowest BCUT2D eigenvalue weighted by Crippen LogP contribution is -2.39. The lowest BCUT2D eigenvalue weighted by molar-refractivity contribution is 0.0707. The highest BCUT2D eigenvalue weighted by atomic mass is 32.1. The third-order valence-electron chi connectivity index (χ3n) is 4.32. The van der Waals surface area contributed by atoms with Gasteiger partial charge in [0.05, 0.1) is 5.01 Å². The number of hydrogen-bond acceptors (Lipinski definition) is 5. The molecule has 3 aromatic rings. The van der Waals surface area contributed by atoms with Crippen LogP contribution in [0.2, 0.25) is 0 Å². The minimum absolute atomic E-state index is 0.0752. The molecule has 0 aliphatic carbocycles. The summed E-state index contributed by atoms with van der Waals surface area (Å²) in [5.74, 6) is 0.426. The molecule has 0 N–H and O–H groups in total. The molecule has 122 valence electrons. The van der Waals surface area contributed by atoms with Gasteiger partial charge in [-0.25, -0.2) is 4.98 Å². The van der Waals surface area contributed by atoms with Gasteiger partial charge in [0.25, 0.3) is 5.91 Å². The Hall–Kier alpha value is -2.54. The van der Waals surface area contributed by atoms with Crippen LogP contribution in [0.15, 0.2) is 48.5 Å². The fourth-order valence-electron chi connectivity index (χ4n) is 3.12. The van der Waals surface area contributed by atoms with Gasteiger partial charge < -0.3 is 4.90 Å². The maximum atomic E-state index is 12.9. The van der Waals surface area contributed by atoms with E-state index in [-0.39, 0.29) is 5.91 Å². The van der Waals surface area contributed by atoms with Crippen LogP contribution in [-0.4, -0.2) is 43.6 Å². The monoisotopic (exact) mass is 339 g/mol. The molecule has 0 radical (unpaired) electrons. The first-order chi connectivity index (χ1) is 11.8. The molecule has 2 aromatic heterocycles. The highest BCUT2D eigenvalue weighted by Gasteiger charge is 2.26. The Morgan fingerprint density at radius 3 is 2.92 bits per heavy atom. The summed E-state index contributed by atoms with van der Waals surface area (Å²) in [4.78, 5) is 19.3. The van der Waals surface area contributed by atoms with Crippen molar-refractivity contribution in [2.75, 3.05) is 13.1 Å². The molecule has 6 nitrogen and oxygen atoms in total. The SMILES string of the molecule is O=C(c1cccc(-n2cnnc2)c1)N1CCCC(c2nccs2)C1. The lowest BCUT2D eigenvalue weighted by atomic mass is 9.98. The Bertz CT molecular complexity index is 815. The number of amides is 1. The lowest BCUT2D eigenvalue weighted by Gasteiger charge is -2.32. The summed E-state index contributed by atoms with van der Waals surface area (Å²) in [5.41, 5.74) is 1.58. The van der Waals surface area contributed by atoms with Crippen molar-refractivity contribution in [3.05, 3.63) is 59.1 Å². The molecule has 4 rings (SSSR count). The third-order valence-corrected chi connectivity index (χ3v) is 5.26. The van der Waals surface area contributed by atoms with Crippen molar-refractivity contribution < 1.29 is 4.79 Å². The van der Waals surface area contributed by atoms with Crippen LogP contribution in [0.4, 0.5) is 0 Å². The van der Waals surface area contributed by atoms with E-state index in [4.69, 9.17) is 0 Å². The second kappa shape index (κ2) is 6.52. The summed E-state index contributed by atoms with van der Waals surface area (Å²) < 4.78 is 1.80. The molecule has 1 aromatic carbocycles. The minimum atomic E-state index is 0.0752. The van der Waals surface area contributed by atoms with Gasteiger partial charge in [0.2, 0.25) is 0 Å². The zero-order valence-electron chi connectivity index (χ0n) is 13.1. The van der Waals surface area contributed by atoms with E-state index in [1.807, 2.05) is 40.7 Å². The van der Waals surface area contributed by atoms with E-state index in [0.29, 0.717) is 11.5 Å². The summed E-state index contributed by atoms with van der Waals surface area (Å²) in [6, 6.07) is 7.58. The molecular weight excluding hydrogens is 322 g/mol. The van der Waals surface area contributed by atoms with Crippen LogP contribution >= 0.6 is 11.3 Å². The molecule has 3 heterocycles. The predicted molar refractivity (Wildman–Crippen MR) is 91.4 cm³/mol. The van der Waals surface area contributed by atoms with Gasteiger partial charge in [0.1, 0.15) is 12.7 Å². The molecule has 1 atom stereocenters. The van der Waals surface area contributed by atoms with E-state index < -0.39 is 0 Å². The van der Waals surface area contributed by atoms with Crippen molar-refractivity contribution in [3.8, 4) is 5.69 Å². The maximum absolute atomic E-state index is 12.9. The van der Waals surface area contributed by atoms with E-state index in [9.17, 15) is 4.79 Å². The van der Waals surface area contributed by atoms with Crippen molar-refractivity contribution in [1.82, 2.24) is 24.6 Å². The molecule has 1 unspecified atom stereocenters. The van der Waals surface area contributed by atoms with Crippen LogP contribution < -0.4 is 0 Å². The summed E-state index contributed by atoms with van der Waals surface area (Å²) >= 11 is 1.67. The Morgan fingerprint density at radius 2 is 2.12 bits per heavy atom. The van der Waals surface area contributed by atoms with Crippen molar-refractivity contribution >= 4 is 17.2 Å². The summed E-state index contributed by atoms with van der Waals surface area (Å²) in [6.07, 6.45) is 7.20. The molecule has 7 heteroatoms. The van der Waals surface area contributed by atoms with Crippen molar-refractivity contribution in [2.24, 2.45) is 0 Å². The van der Waals surface area contributed by atoms with Crippen LogP contribution in [0.25, 0.3) is 5.69 Å². The Balaban J connectivity index is 1.54. The number of piperidine rings is 1. The van der Waals surface area contributed by atoms with Gasteiger partial charge in [-0.05, 0) is 31.0 Å². The highest BCUT2D eigenvalue weighted by Crippen LogP contribution is 2.29. The number of aromatic nitrogens is 4. The normalized spacial score (nSPS) is 17.8. The first-order valence-electron chi connectivity index (χ1n) is 7.95.